The van der Waals surface area contributed by atoms with Crippen LogP contribution in [-0.4, -0.2) is 4.57 Å². The standard InChI is InChI=1S/C38H25NOS/c1-22-13-16-31-28(19-22)29-20-23(2)14-17-32(29)39(31)33-10-5-9-27-37-25(8-6-11-34(37)40-38(27)33)24-15-18-36-30(21-24)26-7-3-4-12-35(26)41-36/h3-21H,1-2H3. The van der Waals surface area contributed by atoms with Gasteiger partial charge in [-0.1, -0.05) is 71.8 Å². The minimum absolute atomic E-state index is 0.910. The highest BCUT2D eigenvalue weighted by atomic mass is 32.1. The molecule has 0 aliphatic carbocycles. The van der Waals surface area contributed by atoms with Gasteiger partial charge in [0, 0.05) is 41.7 Å². The number of aromatic nitrogens is 1. The molecule has 3 heterocycles. The molecule has 9 rings (SSSR count). The van der Waals surface area contributed by atoms with E-state index in [0.717, 1.165) is 27.6 Å². The van der Waals surface area contributed by atoms with E-state index in [4.69, 9.17) is 4.42 Å². The Labute approximate surface area is 240 Å². The van der Waals surface area contributed by atoms with E-state index in [1.54, 1.807) is 0 Å². The van der Waals surface area contributed by atoms with Crippen molar-refractivity contribution in [1.29, 1.82) is 0 Å². The average molecular weight is 544 g/mol. The SMILES string of the molecule is Cc1ccc2c(c1)c1cc(C)ccc1n2-c1cccc2c1oc1cccc(-c3ccc4sc5ccccc5c4c3)c12. The maximum atomic E-state index is 6.74. The Morgan fingerprint density at radius 3 is 2.07 bits per heavy atom. The number of hydrogen-bond donors (Lipinski definition) is 0. The molecule has 0 N–H and O–H groups in total. The van der Waals surface area contributed by atoms with Crippen molar-refractivity contribution in [2.45, 2.75) is 13.8 Å². The van der Waals surface area contributed by atoms with Gasteiger partial charge < -0.3 is 8.98 Å². The molecule has 194 valence electrons. The fourth-order valence-electron chi connectivity index (χ4n) is 6.65. The molecule has 0 atom stereocenters. The Hall–Kier alpha value is -4.86. The number of hydrogen-bond acceptors (Lipinski definition) is 2. The van der Waals surface area contributed by atoms with E-state index in [9.17, 15) is 0 Å². The summed E-state index contributed by atoms with van der Waals surface area (Å²) in [5.74, 6) is 0. The Morgan fingerprint density at radius 2 is 1.27 bits per heavy atom. The van der Waals surface area contributed by atoms with Crippen LogP contribution in [0.3, 0.4) is 0 Å². The first-order valence-corrected chi connectivity index (χ1v) is 14.8. The Morgan fingerprint density at radius 1 is 0.561 bits per heavy atom. The molecule has 0 radical (unpaired) electrons. The van der Waals surface area contributed by atoms with E-state index in [1.807, 2.05) is 11.3 Å². The molecule has 3 heteroatoms. The van der Waals surface area contributed by atoms with Crippen LogP contribution in [-0.2, 0) is 0 Å². The summed E-state index contributed by atoms with van der Waals surface area (Å²) >= 11 is 1.86. The van der Waals surface area contributed by atoms with E-state index < -0.39 is 0 Å². The summed E-state index contributed by atoms with van der Waals surface area (Å²) in [4.78, 5) is 0. The zero-order valence-corrected chi connectivity index (χ0v) is 23.5. The summed E-state index contributed by atoms with van der Waals surface area (Å²) < 4.78 is 11.8. The van der Waals surface area contributed by atoms with Gasteiger partial charge >= 0.3 is 0 Å². The smallest absolute Gasteiger partial charge is 0.159 e. The lowest BCUT2D eigenvalue weighted by Crippen LogP contribution is -1.94. The fraction of sp³-hybridized carbons (Fsp3) is 0.0526. The van der Waals surface area contributed by atoms with Gasteiger partial charge in [-0.2, -0.15) is 0 Å². The van der Waals surface area contributed by atoms with Gasteiger partial charge in [-0.15, -0.1) is 11.3 Å². The van der Waals surface area contributed by atoms with Gasteiger partial charge in [-0.25, -0.2) is 0 Å². The summed E-state index contributed by atoms with van der Waals surface area (Å²) in [5.41, 5.74) is 10.2. The largest absolute Gasteiger partial charge is 0.454 e. The van der Waals surface area contributed by atoms with Gasteiger partial charge in [-0.3, -0.25) is 0 Å². The van der Waals surface area contributed by atoms with Crippen LogP contribution in [0.4, 0.5) is 0 Å². The second-order valence-electron chi connectivity index (χ2n) is 11.1. The molecule has 41 heavy (non-hydrogen) atoms. The summed E-state index contributed by atoms with van der Waals surface area (Å²) in [6, 6.07) is 42.0. The molecule has 0 aliphatic heterocycles. The van der Waals surface area contributed by atoms with E-state index in [-0.39, 0.29) is 0 Å². The third-order valence-electron chi connectivity index (χ3n) is 8.51. The van der Waals surface area contributed by atoms with Crippen molar-refractivity contribution in [2.24, 2.45) is 0 Å². The number of thiophene rings is 1. The van der Waals surface area contributed by atoms with Crippen LogP contribution in [0.2, 0.25) is 0 Å². The predicted molar refractivity (Wildman–Crippen MR) is 176 cm³/mol. The van der Waals surface area contributed by atoms with Crippen molar-refractivity contribution in [2.75, 3.05) is 0 Å². The average Bonchev–Trinajstić information content (AvgIpc) is 3.66. The van der Waals surface area contributed by atoms with Crippen molar-refractivity contribution in [3.8, 4) is 16.8 Å². The summed E-state index contributed by atoms with van der Waals surface area (Å²) in [7, 11) is 0. The lowest BCUT2D eigenvalue weighted by molar-refractivity contribution is 0.666. The number of fused-ring (bicyclic) bond motifs is 9. The number of benzene rings is 6. The monoisotopic (exact) mass is 543 g/mol. The van der Waals surface area contributed by atoms with Crippen molar-refractivity contribution >= 4 is 75.3 Å². The zero-order chi connectivity index (χ0) is 27.2. The summed E-state index contributed by atoms with van der Waals surface area (Å²) in [5, 5.41) is 7.47. The quantitative estimate of drug-likeness (QED) is 0.212. The lowest BCUT2D eigenvalue weighted by atomic mass is 9.98. The second kappa shape index (κ2) is 8.33. The molecular formula is C38H25NOS. The van der Waals surface area contributed by atoms with Gasteiger partial charge in [0.1, 0.15) is 5.58 Å². The van der Waals surface area contributed by atoms with Gasteiger partial charge in [0.15, 0.2) is 5.58 Å². The molecule has 0 spiro atoms. The number of aryl methyl sites for hydroxylation is 2. The molecule has 9 aromatic rings. The number of nitrogens with zero attached hydrogens (tertiary/aromatic N) is 1. The predicted octanol–water partition coefficient (Wildman–Crippen LogP) is 11.3. The van der Waals surface area contributed by atoms with Crippen LogP contribution >= 0.6 is 11.3 Å². The maximum absolute atomic E-state index is 6.74. The molecule has 0 saturated carbocycles. The Bertz CT molecular complexity index is 2450. The lowest BCUT2D eigenvalue weighted by Gasteiger charge is -2.09. The number of para-hydroxylation sites is 1. The van der Waals surface area contributed by atoms with Gasteiger partial charge in [0.25, 0.3) is 0 Å². The van der Waals surface area contributed by atoms with Crippen molar-refractivity contribution < 1.29 is 4.42 Å². The molecule has 0 saturated heterocycles. The first kappa shape index (κ1) is 22.9. The first-order valence-electron chi connectivity index (χ1n) is 14.0. The van der Waals surface area contributed by atoms with E-state index >= 15 is 0 Å². The molecule has 2 nitrogen and oxygen atoms in total. The van der Waals surface area contributed by atoms with Crippen molar-refractivity contribution in [3.63, 3.8) is 0 Å². The van der Waals surface area contributed by atoms with E-state index in [0.29, 0.717) is 0 Å². The van der Waals surface area contributed by atoms with Crippen LogP contribution in [0, 0.1) is 13.8 Å². The van der Waals surface area contributed by atoms with Crippen LogP contribution < -0.4 is 0 Å². The molecule has 6 aromatic carbocycles. The van der Waals surface area contributed by atoms with Crippen molar-refractivity contribution in [3.05, 3.63) is 126 Å². The number of furan rings is 1. The normalized spacial score (nSPS) is 12.1. The number of rotatable bonds is 2. The molecule has 0 unspecified atom stereocenters. The van der Waals surface area contributed by atoms with Gasteiger partial charge in [0.05, 0.1) is 16.7 Å². The Kier molecular flexibility index (Phi) is 4.65. The van der Waals surface area contributed by atoms with Crippen LogP contribution in [0.25, 0.3) is 80.7 Å². The topological polar surface area (TPSA) is 18.1 Å². The molecule has 3 aromatic heterocycles. The van der Waals surface area contributed by atoms with Crippen LogP contribution in [0.1, 0.15) is 11.1 Å². The zero-order valence-electron chi connectivity index (χ0n) is 22.7. The fourth-order valence-corrected chi connectivity index (χ4v) is 7.74. The first-order chi connectivity index (χ1) is 20.1. The van der Waals surface area contributed by atoms with Gasteiger partial charge in [-0.05, 0) is 79.6 Å². The molecule has 0 aliphatic rings. The highest BCUT2D eigenvalue weighted by Crippen LogP contribution is 2.43. The summed E-state index contributed by atoms with van der Waals surface area (Å²) in [6.45, 7) is 4.33. The van der Waals surface area contributed by atoms with Crippen molar-refractivity contribution in [1.82, 2.24) is 4.57 Å². The molecule has 0 amide bonds. The minimum atomic E-state index is 0.910. The molecule has 0 fully saturated rings. The third kappa shape index (κ3) is 3.24. The van der Waals surface area contributed by atoms with E-state index in [1.165, 1.54) is 64.2 Å². The second-order valence-corrected chi connectivity index (χ2v) is 12.2. The van der Waals surface area contributed by atoms with Gasteiger partial charge in [0.2, 0.25) is 0 Å². The van der Waals surface area contributed by atoms with Crippen LogP contribution in [0.15, 0.2) is 120 Å². The van der Waals surface area contributed by atoms with Crippen LogP contribution in [0.5, 0.6) is 0 Å². The van der Waals surface area contributed by atoms with E-state index in [2.05, 4.69) is 134 Å². The summed E-state index contributed by atoms with van der Waals surface area (Å²) in [6.07, 6.45) is 0. The molecule has 0 bridgehead atoms. The third-order valence-corrected chi connectivity index (χ3v) is 9.66. The highest BCUT2D eigenvalue weighted by molar-refractivity contribution is 7.25. The molecular weight excluding hydrogens is 518 g/mol. The maximum Gasteiger partial charge on any atom is 0.159 e. The highest BCUT2D eigenvalue weighted by Gasteiger charge is 2.20. The minimum Gasteiger partial charge on any atom is -0.454 e. The Balaban J connectivity index is 1.34.